The van der Waals surface area contributed by atoms with Crippen LogP contribution in [0.2, 0.25) is 0 Å². The summed E-state index contributed by atoms with van der Waals surface area (Å²) in [6, 6.07) is 20.1. The minimum Gasteiger partial charge on any atom is -0.362 e. The maximum Gasteiger partial charge on any atom is 0.173 e. The van der Waals surface area contributed by atoms with Crippen LogP contribution in [0.25, 0.3) is 0 Å². The van der Waals surface area contributed by atoms with E-state index in [9.17, 15) is 0 Å². The van der Waals surface area contributed by atoms with Crippen molar-refractivity contribution in [2.45, 2.75) is 12.8 Å². The monoisotopic (exact) mass is 384 g/mol. The third kappa shape index (κ3) is 5.68. The standard InChI is InChI=1S/C20H24N4S2/c25-19(22-17-7-3-1-4-8-17)21-15-16-11-13-24(14-12-16)20(26)23-18-9-5-2-6-10-18/h1-10,16H,11-15H2,(H,23,26)(H2,21,22,25). The average molecular weight is 385 g/mol. The number of likely N-dealkylation sites (tertiary alicyclic amines) is 1. The number of nitrogens with one attached hydrogen (secondary N) is 3. The van der Waals surface area contributed by atoms with E-state index in [1.807, 2.05) is 60.7 Å². The summed E-state index contributed by atoms with van der Waals surface area (Å²) in [5, 5.41) is 11.4. The lowest BCUT2D eigenvalue weighted by atomic mass is 9.97. The molecular formula is C20H24N4S2. The van der Waals surface area contributed by atoms with E-state index in [0.717, 1.165) is 49.0 Å². The molecule has 4 nitrogen and oxygen atoms in total. The predicted molar refractivity (Wildman–Crippen MR) is 118 cm³/mol. The molecule has 2 aromatic carbocycles. The van der Waals surface area contributed by atoms with Gasteiger partial charge in [-0.05, 0) is 67.5 Å². The van der Waals surface area contributed by atoms with E-state index in [1.54, 1.807) is 0 Å². The molecule has 0 amide bonds. The maximum absolute atomic E-state index is 5.54. The zero-order valence-electron chi connectivity index (χ0n) is 14.7. The summed E-state index contributed by atoms with van der Waals surface area (Å²) in [5.41, 5.74) is 2.05. The number of nitrogens with zero attached hydrogens (tertiary/aromatic N) is 1. The highest BCUT2D eigenvalue weighted by Gasteiger charge is 2.21. The Balaban J connectivity index is 1.37. The van der Waals surface area contributed by atoms with Gasteiger partial charge in [-0.1, -0.05) is 36.4 Å². The number of hydrogen-bond acceptors (Lipinski definition) is 2. The highest BCUT2D eigenvalue weighted by atomic mass is 32.1. The Morgan fingerprint density at radius 1 is 0.846 bits per heavy atom. The molecule has 3 rings (SSSR count). The van der Waals surface area contributed by atoms with Gasteiger partial charge in [0.1, 0.15) is 0 Å². The zero-order valence-corrected chi connectivity index (χ0v) is 16.3. The molecule has 0 aliphatic carbocycles. The highest BCUT2D eigenvalue weighted by molar-refractivity contribution is 7.80. The molecule has 0 unspecified atom stereocenters. The van der Waals surface area contributed by atoms with Crippen LogP contribution < -0.4 is 16.0 Å². The summed E-state index contributed by atoms with van der Waals surface area (Å²) in [6.45, 7) is 2.85. The van der Waals surface area contributed by atoms with E-state index >= 15 is 0 Å². The molecule has 0 saturated carbocycles. The summed E-state index contributed by atoms with van der Waals surface area (Å²) in [5.74, 6) is 0.612. The van der Waals surface area contributed by atoms with Gasteiger partial charge in [0, 0.05) is 31.0 Å². The van der Waals surface area contributed by atoms with Gasteiger partial charge in [0.2, 0.25) is 0 Å². The molecule has 3 N–H and O–H groups in total. The number of hydrogen-bond donors (Lipinski definition) is 3. The molecule has 1 saturated heterocycles. The van der Waals surface area contributed by atoms with E-state index in [4.69, 9.17) is 24.4 Å². The van der Waals surface area contributed by atoms with Crippen LogP contribution in [0.5, 0.6) is 0 Å². The number of rotatable bonds is 4. The topological polar surface area (TPSA) is 39.3 Å². The molecule has 1 aliphatic heterocycles. The zero-order chi connectivity index (χ0) is 18.2. The Hall–Kier alpha value is -2.18. The molecule has 1 heterocycles. The molecule has 0 bridgehead atoms. The SMILES string of the molecule is S=C(NCC1CCN(C(=S)Nc2ccccc2)CC1)Nc1ccccc1. The van der Waals surface area contributed by atoms with Gasteiger partial charge in [-0.25, -0.2) is 0 Å². The van der Waals surface area contributed by atoms with Crippen molar-refractivity contribution in [2.75, 3.05) is 30.3 Å². The first-order valence-corrected chi connectivity index (χ1v) is 9.73. The maximum atomic E-state index is 5.54. The number of anilines is 2. The first kappa shape index (κ1) is 18.6. The summed E-state index contributed by atoms with van der Waals surface area (Å²) in [7, 11) is 0. The van der Waals surface area contributed by atoms with Crippen molar-refractivity contribution >= 4 is 46.0 Å². The van der Waals surface area contributed by atoms with Gasteiger partial charge in [-0.15, -0.1) is 0 Å². The molecule has 2 aromatic rings. The third-order valence-corrected chi connectivity index (χ3v) is 5.12. The van der Waals surface area contributed by atoms with Crippen molar-refractivity contribution < 1.29 is 0 Å². The minimum atomic E-state index is 0.612. The Kier molecular flexibility index (Phi) is 6.80. The highest BCUT2D eigenvalue weighted by Crippen LogP contribution is 2.18. The van der Waals surface area contributed by atoms with Crippen LogP contribution in [-0.4, -0.2) is 34.8 Å². The molecule has 0 spiro atoms. The number of para-hydroxylation sites is 2. The van der Waals surface area contributed by atoms with Gasteiger partial charge < -0.3 is 20.9 Å². The van der Waals surface area contributed by atoms with Crippen molar-refractivity contribution in [1.82, 2.24) is 10.2 Å². The summed E-state index contributed by atoms with van der Waals surface area (Å²) < 4.78 is 0. The van der Waals surface area contributed by atoms with Gasteiger partial charge in [0.25, 0.3) is 0 Å². The fourth-order valence-electron chi connectivity index (χ4n) is 3.00. The van der Waals surface area contributed by atoms with Gasteiger partial charge in [-0.3, -0.25) is 0 Å². The first-order chi connectivity index (χ1) is 12.7. The molecule has 0 aromatic heterocycles. The second kappa shape index (κ2) is 9.50. The normalized spacial score (nSPS) is 14.5. The Bertz CT molecular complexity index is 713. The fourth-order valence-corrected chi connectivity index (χ4v) is 3.50. The molecule has 0 atom stereocenters. The summed E-state index contributed by atoms with van der Waals surface area (Å²) in [6.07, 6.45) is 2.22. The van der Waals surface area contributed by atoms with E-state index in [2.05, 4.69) is 20.9 Å². The van der Waals surface area contributed by atoms with Crippen molar-refractivity contribution in [3.8, 4) is 0 Å². The number of benzene rings is 2. The van der Waals surface area contributed by atoms with Crippen molar-refractivity contribution in [2.24, 2.45) is 5.92 Å². The molecule has 0 radical (unpaired) electrons. The van der Waals surface area contributed by atoms with Gasteiger partial charge >= 0.3 is 0 Å². The Morgan fingerprint density at radius 3 is 1.96 bits per heavy atom. The van der Waals surface area contributed by atoms with Crippen LogP contribution in [0.1, 0.15) is 12.8 Å². The fraction of sp³-hybridized carbons (Fsp3) is 0.300. The van der Waals surface area contributed by atoms with Crippen LogP contribution in [0.3, 0.4) is 0 Å². The Labute approximate surface area is 166 Å². The van der Waals surface area contributed by atoms with Crippen LogP contribution in [-0.2, 0) is 0 Å². The quantitative estimate of drug-likeness (QED) is 0.690. The summed E-state index contributed by atoms with van der Waals surface area (Å²) in [4.78, 5) is 2.25. The van der Waals surface area contributed by atoms with Crippen molar-refractivity contribution in [3.63, 3.8) is 0 Å². The number of piperidine rings is 1. The molecule has 1 aliphatic rings. The van der Waals surface area contributed by atoms with Crippen molar-refractivity contribution in [3.05, 3.63) is 60.7 Å². The molecule has 136 valence electrons. The molecule has 6 heteroatoms. The van der Waals surface area contributed by atoms with E-state index in [0.29, 0.717) is 11.0 Å². The van der Waals surface area contributed by atoms with Crippen LogP contribution >= 0.6 is 24.4 Å². The molecular weight excluding hydrogens is 360 g/mol. The average Bonchev–Trinajstić information content (AvgIpc) is 2.68. The lowest BCUT2D eigenvalue weighted by molar-refractivity contribution is 0.269. The molecule has 1 fully saturated rings. The predicted octanol–water partition coefficient (Wildman–Crippen LogP) is 4.08. The Morgan fingerprint density at radius 2 is 1.38 bits per heavy atom. The van der Waals surface area contributed by atoms with E-state index in [1.165, 1.54) is 0 Å². The lowest BCUT2D eigenvalue weighted by Crippen LogP contribution is -2.43. The van der Waals surface area contributed by atoms with Crippen LogP contribution in [0.4, 0.5) is 11.4 Å². The molecule has 26 heavy (non-hydrogen) atoms. The van der Waals surface area contributed by atoms with Gasteiger partial charge in [0.05, 0.1) is 0 Å². The first-order valence-electron chi connectivity index (χ1n) is 8.91. The van der Waals surface area contributed by atoms with Gasteiger partial charge in [0.15, 0.2) is 10.2 Å². The second-order valence-electron chi connectivity index (χ2n) is 6.43. The third-order valence-electron chi connectivity index (χ3n) is 4.51. The van der Waals surface area contributed by atoms with E-state index < -0.39 is 0 Å². The smallest absolute Gasteiger partial charge is 0.173 e. The van der Waals surface area contributed by atoms with E-state index in [-0.39, 0.29) is 0 Å². The lowest BCUT2D eigenvalue weighted by Gasteiger charge is -2.34. The largest absolute Gasteiger partial charge is 0.362 e. The minimum absolute atomic E-state index is 0.612. The van der Waals surface area contributed by atoms with Crippen LogP contribution in [0, 0.1) is 5.92 Å². The van der Waals surface area contributed by atoms with Crippen LogP contribution in [0.15, 0.2) is 60.7 Å². The second-order valence-corrected chi connectivity index (χ2v) is 7.22. The van der Waals surface area contributed by atoms with Gasteiger partial charge in [-0.2, -0.15) is 0 Å². The number of thiocarbonyl (C=S) groups is 2. The summed E-state index contributed by atoms with van der Waals surface area (Å²) >= 11 is 10.9. The van der Waals surface area contributed by atoms with Crippen molar-refractivity contribution in [1.29, 1.82) is 0 Å².